The molecule has 2 aliphatic heterocycles. The number of amides is 1. The molecule has 3 heterocycles. The highest BCUT2D eigenvalue weighted by atomic mass is 19.1. The Labute approximate surface area is 140 Å². The number of carbonyl (C=O) groups is 1. The second kappa shape index (κ2) is 6.36. The Kier molecular flexibility index (Phi) is 4.06. The molecule has 5 nitrogen and oxygen atoms in total. The Bertz CT molecular complexity index is 731. The molecule has 1 aromatic heterocycles. The van der Waals surface area contributed by atoms with Gasteiger partial charge in [-0.05, 0) is 50.1 Å². The standard InChI is InChI=1S/C18H21FN4O/c19-16-12-14(5-6-17(16)23-11-2-7-20-23)18(24)22-10-3-9-21-8-1-4-15(21)13-22/h2,5-7,11-12,15H,1,3-4,8-10,13H2/t15-/m0/s1. The van der Waals surface area contributed by atoms with Gasteiger partial charge in [0.2, 0.25) is 0 Å². The largest absolute Gasteiger partial charge is 0.337 e. The van der Waals surface area contributed by atoms with E-state index in [-0.39, 0.29) is 5.91 Å². The van der Waals surface area contributed by atoms with Gasteiger partial charge in [0.15, 0.2) is 0 Å². The molecule has 2 aliphatic rings. The van der Waals surface area contributed by atoms with Crippen LogP contribution in [0.5, 0.6) is 0 Å². The van der Waals surface area contributed by atoms with Crippen LogP contribution in [-0.4, -0.2) is 57.7 Å². The van der Waals surface area contributed by atoms with E-state index in [4.69, 9.17) is 0 Å². The number of hydrogen-bond acceptors (Lipinski definition) is 3. The number of hydrogen-bond donors (Lipinski definition) is 0. The average Bonchev–Trinajstić information content (AvgIpc) is 3.22. The summed E-state index contributed by atoms with van der Waals surface area (Å²) in [5, 5.41) is 4.04. The van der Waals surface area contributed by atoms with Gasteiger partial charge < -0.3 is 4.90 Å². The van der Waals surface area contributed by atoms with Crippen LogP contribution in [0.4, 0.5) is 4.39 Å². The van der Waals surface area contributed by atoms with E-state index in [2.05, 4.69) is 10.00 Å². The molecular formula is C18H21FN4O. The van der Waals surface area contributed by atoms with E-state index in [1.54, 1.807) is 30.6 Å². The number of carbonyl (C=O) groups excluding carboxylic acids is 1. The summed E-state index contributed by atoms with van der Waals surface area (Å²) in [7, 11) is 0. The first-order chi connectivity index (χ1) is 11.7. The van der Waals surface area contributed by atoms with E-state index in [1.807, 2.05) is 4.90 Å². The van der Waals surface area contributed by atoms with Crippen molar-refractivity contribution in [2.45, 2.75) is 25.3 Å². The van der Waals surface area contributed by atoms with E-state index in [9.17, 15) is 9.18 Å². The van der Waals surface area contributed by atoms with Crippen LogP contribution in [0, 0.1) is 5.82 Å². The highest BCUT2D eigenvalue weighted by Crippen LogP contribution is 2.23. The zero-order chi connectivity index (χ0) is 16.5. The van der Waals surface area contributed by atoms with E-state index in [0.29, 0.717) is 17.3 Å². The first kappa shape index (κ1) is 15.3. The molecule has 0 N–H and O–H groups in total. The molecule has 1 atom stereocenters. The number of nitrogens with zero attached hydrogens (tertiary/aromatic N) is 4. The summed E-state index contributed by atoms with van der Waals surface area (Å²) in [5.41, 5.74) is 0.768. The molecular weight excluding hydrogens is 307 g/mol. The van der Waals surface area contributed by atoms with Gasteiger partial charge in [0.25, 0.3) is 5.91 Å². The molecule has 6 heteroatoms. The number of fused-ring (bicyclic) bond motifs is 1. The van der Waals surface area contributed by atoms with Crippen molar-refractivity contribution in [1.82, 2.24) is 19.6 Å². The summed E-state index contributed by atoms with van der Waals surface area (Å²) in [6, 6.07) is 6.85. The molecule has 1 amide bonds. The third-order valence-corrected chi connectivity index (χ3v) is 5.04. The molecule has 0 bridgehead atoms. The van der Waals surface area contributed by atoms with E-state index in [0.717, 1.165) is 39.0 Å². The summed E-state index contributed by atoms with van der Waals surface area (Å²) in [4.78, 5) is 17.2. The van der Waals surface area contributed by atoms with Gasteiger partial charge in [-0.3, -0.25) is 9.69 Å². The van der Waals surface area contributed by atoms with Crippen LogP contribution >= 0.6 is 0 Å². The van der Waals surface area contributed by atoms with Gasteiger partial charge in [0, 0.05) is 43.6 Å². The molecule has 0 unspecified atom stereocenters. The van der Waals surface area contributed by atoms with Crippen molar-refractivity contribution in [2.24, 2.45) is 0 Å². The molecule has 0 saturated carbocycles. The SMILES string of the molecule is O=C(c1ccc(-n2cccn2)c(F)c1)N1CCCN2CCC[C@H]2C1. The number of rotatable bonds is 2. The lowest BCUT2D eigenvalue weighted by atomic mass is 10.1. The fourth-order valence-corrected chi connectivity index (χ4v) is 3.81. The van der Waals surface area contributed by atoms with Crippen LogP contribution in [0.1, 0.15) is 29.6 Å². The van der Waals surface area contributed by atoms with Crippen LogP contribution in [0.25, 0.3) is 5.69 Å². The van der Waals surface area contributed by atoms with Gasteiger partial charge in [0.05, 0.1) is 0 Å². The Balaban J connectivity index is 1.54. The third-order valence-electron chi connectivity index (χ3n) is 5.04. The van der Waals surface area contributed by atoms with Gasteiger partial charge in [-0.2, -0.15) is 5.10 Å². The Morgan fingerprint density at radius 1 is 1.21 bits per heavy atom. The molecule has 0 aliphatic carbocycles. The second-order valence-corrected chi connectivity index (χ2v) is 6.55. The van der Waals surface area contributed by atoms with Crippen molar-refractivity contribution in [2.75, 3.05) is 26.2 Å². The summed E-state index contributed by atoms with van der Waals surface area (Å²) >= 11 is 0. The summed E-state index contributed by atoms with van der Waals surface area (Å²) < 4.78 is 15.9. The van der Waals surface area contributed by atoms with Crippen molar-refractivity contribution >= 4 is 5.91 Å². The topological polar surface area (TPSA) is 41.4 Å². The third kappa shape index (κ3) is 2.82. The van der Waals surface area contributed by atoms with Gasteiger partial charge in [-0.1, -0.05) is 0 Å². The van der Waals surface area contributed by atoms with Crippen LogP contribution < -0.4 is 0 Å². The van der Waals surface area contributed by atoms with E-state index >= 15 is 0 Å². The van der Waals surface area contributed by atoms with Gasteiger partial charge in [-0.25, -0.2) is 9.07 Å². The predicted octanol–water partition coefficient (Wildman–Crippen LogP) is 2.32. The summed E-state index contributed by atoms with van der Waals surface area (Å²) in [6.45, 7) is 3.69. The molecule has 2 saturated heterocycles. The smallest absolute Gasteiger partial charge is 0.254 e. The predicted molar refractivity (Wildman–Crippen MR) is 88.6 cm³/mol. The molecule has 2 fully saturated rings. The monoisotopic (exact) mass is 328 g/mol. The minimum absolute atomic E-state index is 0.0744. The highest BCUT2D eigenvalue weighted by molar-refractivity contribution is 5.94. The minimum Gasteiger partial charge on any atom is -0.337 e. The number of halogens is 1. The van der Waals surface area contributed by atoms with Gasteiger partial charge in [-0.15, -0.1) is 0 Å². The number of benzene rings is 1. The lowest BCUT2D eigenvalue weighted by Crippen LogP contribution is -2.39. The van der Waals surface area contributed by atoms with Crippen molar-refractivity contribution in [1.29, 1.82) is 0 Å². The normalized spacial score (nSPS) is 21.5. The van der Waals surface area contributed by atoms with Gasteiger partial charge >= 0.3 is 0 Å². The van der Waals surface area contributed by atoms with Crippen molar-refractivity contribution < 1.29 is 9.18 Å². The quantitative estimate of drug-likeness (QED) is 0.849. The first-order valence-corrected chi connectivity index (χ1v) is 8.55. The molecule has 4 rings (SSSR count). The summed E-state index contributed by atoms with van der Waals surface area (Å²) in [5.74, 6) is -0.503. The second-order valence-electron chi connectivity index (χ2n) is 6.55. The Morgan fingerprint density at radius 2 is 2.08 bits per heavy atom. The molecule has 24 heavy (non-hydrogen) atoms. The molecule has 1 aromatic carbocycles. The van der Waals surface area contributed by atoms with Crippen molar-refractivity contribution in [3.63, 3.8) is 0 Å². The zero-order valence-electron chi connectivity index (χ0n) is 13.6. The van der Waals surface area contributed by atoms with Crippen LogP contribution in [-0.2, 0) is 0 Å². The molecule has 126 valence electrons. The summed E-state index contributed by atoms with van der Waals surface area (Å²) in [6.07, 6.45) is 6.62. The first-order valence-electron chi connectivity index (χ1n) is 8.55. The molecule has 2 aromatic rings. The van der Waals surface area contributed by atoms with Crippen LogP contribution in [0.3, 0.4) is 0 Å². The maximum Gasteiger partial charge on any atom is 0.254 e. The highest BCUT2D eigenvalue weighted by Gasteiger charge is 2.31. The van der Waals surface area contributed by atoms with E-state index < -0.39 is 5.82 Å². The lowest BCUT2D eigenvalue weighted by Gasteiger charge is -2.25. The fraction of sp³-hybridized carbons (Fsp3) is 0.444. The Hall–Kier alpha value is -2.21. The average molecular weight is 328 g/mol. The fourth-order valence-electron chi connectivity index (χ4n) is 3.81. The number of aromatic nitrogens is 2. The van der Waals surface area contributed by atoms with Crippen LogP contribution in [0.2, 0.25) is 0 Å². The maximum atomic E-state index is 14.4. The maximum absolute atomic E-state index is 14.4. The minimum atomic E-state index is -0.429. The lowest BCUT2D eigenvalue weighted by molar-refractivity contribution is 0.0743. The zero-order valence-corrected chi connectivity index (χ0v) is 13.6. The molecule has 0 spiro atoms. The van der Waals surface area contributed by atoms with Crippen molar-refractivity contribution in [3.8, 4) is 5.69 Å². The van der Waals surface area contributed by atoms with Crippen LogP contribution in [0.15, 0.2) is 36.7 Å². The van der Waals surface area contributed by atoms with E-state index in [1.165, 1.54) is 17.2 Å². The Morgan fingerprint density at radius 3 is 2.88 bits per heavy atom. The van der Waals surface area contributed by atoms with Gasteiger partial charge in [0.1, 0.15) is 11.5 Å². The molecule has 0 radical (unpaired) electrons. The van der Waals surface area contributed by atoms with Crippen molar-refractivity contribution in [3.05, 3.63) is 48.0 Å².